The normalized spacial score (nSPS) is 17.5. The van der Waals surface area contributed by atoms with E-state index < -0.39 is 88.8 Å². The highest BCUT2D eigenvalue weighted by molar-refractivity contribution is 6.53. The summed E-state index contributed by atoms with van der Waals surface area (Å²) in [6.45, 7) is 31.2. The standard InChI is InChI=1S/C28H29N3O5.C27H28N4O3.C26H26N4O4.C23H17F3N4O4/c1-16(2)35-21-11-7-19(8-12-21)25-24(26(32)20-9-13-22(14-10-20)36-17(3)4)27(33)28(34)31(25)23-15-6-18(5)29-30-23;1-15(2)18-7-9-19(10-8-18)25(32)23-24(21-12-11-20(14-28-21)16(3)4)31(27(34)26(23)33)22-13-6-17(5)29-30-22;1-5-34-21-13-11-19(14-27-21)23-22(24(31)18-9-7-17(8-10-18)15(2)3)25(32)26(33)30(23)20-12-6-16(4)28-29-20;1-12-3-5-15(11-27-12)20(31)18-19(14-6-8-16(9-7-14)34-23(24,25)26)30(22(33)21(18)32)17-10-4-13(2)28-29-17/h6-17,25,32H,1-5H3;6-16,24,32H,1-5H3;6-15,23,31H,5H2,1-4H3;3-11,19,31H,1-2H3. The number of aliphatic hydroxyl groups excluding tert-OH is 4. The summed E-state index contributed by atoms with van der Waals surface area (Å²) in [6.07, 6.45) is -0.281. The number of aromatic nitrogens is 11. The maximum atomic E-state index is 13.3. The summed E-state index contributed by atoms with van der Waals surface area (Å²) in [4.78, 5) is 123. The third kappa shape index (κ3) is 22.1. The van der Waals surface area contributed by atoms with Crippen LogP contribution in [0.2, 0.25) is 0 Å². The minimum atomic E-state index is -4.88. The average molecular weight is 1870 g/mol. The molecule has 4 N–H and O–H groups in total. The Balaban J connectivity index is 0.000000155. The number of aryl methyl sites for hydroxylation is 5. The molecule has 138 heavy (non-hydrogen) atoms. The van der Waals surface area contributed by atoms with Crippen LogP contribution in [0.5, 0.6) is 23.1 Å². The van der Waals surface area contributed by atoms with E-state index in [1.165, 1.54) is 51.4 Å². The molecular weight excluding hydrogens is 1770 g/mol. The Morgan fingerprint density at radius 2 is 0.638 bits per heavy atom. The molecule has 34 heteroatoms. The van der Waals surface area contributed by atoms with Gasteiger partial charge in [0, 0.05) is 52.6 Å². The van der Waals surface area contributed by atoms with Crippen LogP contribution >= 0.6 is 0 Å². The van der Waals surface area contributed by atoms with Gasteiger partial charge in [0.15, 0.2) is 23.3 Å². The average Bonchev–Trinajstić information content (AvgIpc) is 1.61. The molecule has 7 aromatic heterocycles. The van der Waals surface area contributed by atoms with E-state index in [0.717, 1.165) is 33.7 Å². The predicted molar refractivity (Wildman–Crippen MR) is 508 cm³/mol. The second kappa shape index (κ2) is 42.4. The van der Waals surface area contributed by atoms with Gasteiger partial charge in [-0.3, -0.25) is 67.9 Å². The summed E-state index contributed by atoms with van der Waals surface area (Å²) < 4.78 is 58.4. The summed E-state index contributed by atoms with van der Waals surface area (Å²) in [5.41, 5.74) is 9.51. The van der Waals surface area contributed by atoms with Crippen molar-refractivity contribution in [3.8, 4) is 23.1 Å². The van der Waals surface area contributed by atoms with E-state index in [2.05, 4.69) is 102 Å². The number of halogens is 3. The van der Waals surface area contributed by atoms with Gasteiger partial charge in [-0.15, -0.1) is 33.6 Å². The maximum Gasteiger partial charge on any atom is 0.573 e. The Kier molecular flexibility index (Phi) is 30.5. The van der Waals surface area contributed by atoms with Gasteiger partial charge in [0.05, 0.1) is 87.7 Å². The molecule has 16 rings (SSSR count). The van der Waals surface area contributed by atoms with Gasteiger partial charge in [-0.05, 0) is 242 Å². The number of benzene rings is 5. The van der Waals surface area contributed by atoms with Crippen molar-refractivity contribution in [1.82, 2.24) is 55.7 Å². The zero-order valence-electron chi connectivity index (χ0n) is 78.3. The summed E-state index contributed by atoms with van der Waals surface area (Å²) in [6, 6.07) is 52.5. The van der Waals surface area contributed by atoms with Gasteiger partial charge in [-0.2, -0.15) is 20.4 Å². The number of ether oxygens (including phenoxy) is 4. The van der Waals surface area contributed by atoms with Crippen molar-refractivity contribution in [2.45, 2.75) is 171 Å². The lowest BCUT2D eigenvalue weighted by Gasteiger charge is -2.24. The molecule has 31 nitrogen and oxygen atoms in total. The van der Waals surface area contributed by atoms with E-state index in [4.69, 9.17) is 14.2 Å². The monoisotopic (exact) mass is 1870 g/mol. The van der Waals surface area contributed by atoms with Gasteiger partial charge in [-0.25, -0.2) is 4.98 Å². The van der Waals surface area contributed by atoms with Crippen molar-refractivity contribution in [2.24, 2.45) is 0 Å². The molecule has 4 amide bonds. The molecule has 4 aliphatic heterocycles. The van der Waals surface area contributed by atoms with E-state index in [0.29, 0.717) is 97.8 Å². The van der Waals surface area contributed by atoms with Crippen molar-refractivity contribution in [3.63, 3.8) is 0 Å². The second-order valence-corrected chi connectivity index (χ2v) is 34.1. The van der Waals surface area contributed by atoms with Crippen molar-refractivity contribution in [2.75, 3.05) is 26.2 Å². The number of nitrogens with zero attached hydrogens (tertiary/aromatic N) is 15. The van der Waals surface area contributed by atoms with Crippen LogP contribution in [-0.4, -0.2) is 148 Å². The molecule has 4 unspecified atom stereocenters. The van der Waals surface area contributed by atoms with E-state index in [1.807, 2.05) is 65.0 Å². The number of hydrogen-bond acceptors (Lipinski definition) is 27. The predicted octanol–water partition coefficient (Wildman–Crippen LogP) is 18.4. The number of pyridine rings is 3. The lowest BCUT2D eigenvalue weighted by Crippen LogP contribution is -2.31. The first-order chi connectivity index (χ1) is 65.7. The molecule has 4 aliphatic rings. The van der Waals surface area contributed by atoms with Gasteiger partial charge in [0.25, 0.3) is 23.1 Å². The molecule has 0 spiro atoms. The van der Waals surface area contributed by atoms with E-state index in [-0.39, 0.29) is 92.1 Å². The van der Waals surface area contributed by atoms with Crippen LogP contribution in [0.1, 0.15) is 208 Å². The minimum Gasteiger partial charge on any atom is -0.507 e. The third-order valence-electron chi connectivity index (χ3n) is 22.4. The fourth-order valence-electron chi connectivity index (χ4n) is 15.4. The van der Waals surface area contributed by atoms with E-state index >= 15 is 0 Å². The largest absolute Gasteiger partial charge is 0.573 e. The Bertz CT molecular complexity index is 6650. The zero-order chi connectivity index (χ0) is 99.6. The van der Waals surface area contributed by atoms with Crippen molar-refractivity contribution >= 4 is 93.1 Å². The number of anilines is 4. The molecule has 4 fully saturated rings. The molecule has 0 aliphatic carbocycles. The van der Waals surface area contributed by atoms with Crippen LogP contribution < -0.4 is 38.5 Å². The first-order valence-electron chi connectivity index (χ1n) is 44.2. The third-order valence-corrected chi connectivity index (χ3v) is 22.4. The van der Waals surface area contributed by atoms with Crippen LogP contribution in [-0.2, 0) is 38.4 Å². The number of alkyl halides is 3. The zero-order valence-corrected chi connectivity index (χ0v) is 78.3. The number of carbonyl (C=O) groups excluding carboxylic acids is 8. The van der Waals surface area contributed by atoms with Crippen molar-refractivity contribution < 1.29 is 90.9 Å². The number of aliphatic hydroxyl groups is 4. The Morgan fingerprint density at radius 1 is 0.326 bits per heavy atom. The smallest absolute Gasteiger partial charge is 0.507 e. The molecule has 12 aromatic rings. The molecule has 4 saturated heterocycles. The van der Waals surface area contributed by atoms with E-state index in [1.54, 1.807) is 180 Å². The Hall–Kier alpha value is -16.4. The van der Waals surface area contributed by atoms with Gasteiger partial charge < -0.3 is 39.4 Å². The highest BCUT2D eigenvalue weighted by Gasteiger charge is 2.53. The highest BCUT2D eigenvalue weighted by Crippen LogP contribution is 2.48. The SMILES string of the molecule is CCOc1ccc(C2C(=C(O)c3ccc(C(C)C)cc3)C(=O)C(=O)N2c2ccc(C)nn2)cn1.Cc1ccc(C(O)=C2C(=O)C(=O)N(c3ccc(C)nn3)C2c2ccc(OC(F)(F)F)cc2)cn1.Cc1ccc(N2C(=O)C(=O)C(=C(O)c3ccc(C(C)C)cc3)C2c2ccc(C(C)C)cn2)nn1.Cc1ccc(N2C(=O)C(=O)C(=C(O)c3ccc(OC(C)C)cc3)C2c2ccc(OC(C)C)cc2)nn1. The molecule has 0 bridgehead atoms. The van der Waals surface area contributed by atoms with Gasteiger partial charge in [0.2, 0.25) is 5.88 Å². The maximum absolute atomic E-state index is 13.3. The Labute approximate surface area is 793 Å². The number of Topliss-reactive ketones (excluding diaryl/α,β-unsaturated/α-hetero) is 4. The second-order valence-electron chi connectivity index (χ2n) is 34.1. The van der Waals surface area contributed by atoms with Crippen molar-refractivity contribution in [1.29, 1.82) is 0 Å². The first kappa shape index (κ1) is 99.1. The number of amides is 4. The number of carbonyl (C=O) groups is 8. The van der Waals surface area contributed by atoms with Crippen LogP contribution in [0.25, 0.3) is 23.0 Å². The highest BCUT2D eigenvalue weighted by atomic mass is 19.4. The number of ketones is 4. The first-order valence-corrected chi connectivity index (χ1v) is 44.2. The number of hydrogen-bond donors (Lipinski definition) is 4. The lowest BCUT2D eigenvalue weighted by atomic mass is 9.95. The molecule has 708 valence electrons. The van der Waals surface area contributed by atoms with E-state index in [9.17, 15) is 72.0 Å². The van der Waals surface area contributed by atoms with Gasteiger partial charge in [0.1, 0.15) is 46.3 Å². The summed E-state index contributed by atoms with van der Waals surface area (Å²) in [5, 5.41) is 77.1. The molecule has 11 heterocycles. The Morgan fingerprint density at radius 3 is 0.942 bits per heavy atom. The van der Waals surface area contributed by atoms with Crippen LogP contribution in [0, 0.1) is 34.6 Å². The molecule has 0 radical (unpaired) electrons. The van der Waals surface area contributed by atoms with Crippen LogP contribution in [0.4, 0.5) is 36.4 Å². The quantitative estimate of drug-likeness (QED) is 0.0278. The summed E-state index contributed by atoms with van der Waals surface area (Å²) in [7, 11) is 0. The molecule has 0 saturated carbocycles. The minimum absolute atomic E-state index is 0.00645. The fourth-order valence-corrected chi connectivity index (χ4v) is 15.4. The topological polar surface area (TPSA) is 409 Å². The van der Waals surface area contributed by atoms with Gasteiger partial charge >= 0.3 is 30.0 Å². The summed E-state index contributed by atoms with van der Waals surface area (Å²) >= 11 is 0. The van der Waals surface area contributed by atoms with Crippen LogP contribution in [0.3, 0.4) is 0 Å². The van der Waals surface area contributed by atoms with Gasteiger partial charge in [-0.1, -0.05) is 120 Å². The lowest BCUT2D eigenvalue weighted by molar-refractivity contribution is -0.274. The molecule has 5 aromatic carbocycles. The molecule has 4 atom stereocenters. The summed E-state index contributed by atoms with van der Waals surface area (Å²) in [5.74, 6) is -5.13. The molecular formula is C104H100F3N15O16. The number of rotatable bonds is 22. The van der Waals surface area contributed by atoms with Crippen LogP contribution in [0.15, 0.2) is 247 Å². The fraction of sp³-hybridized carbons (Fsp3) is 0.260. The van der Waals surface area contributed by atoms with Crippen molar-refractivity contribution in [3.05, 3.63) is 337 Å².